The molecule has 0 radical (unpaired) electrons. The van der Waals surface area contributed by atoms with Gasteiger partial charge in [0.2, 0.25) is 17.7 Å². The number of nitrogens with zero attached hydrogens (tertiary/aromatic N) is 2. The molecular weight excluding hydrogens is 494 g/mol. The number of nitrogens with one attached hydrogen (secondary N) is 2. The first-order chi connectivity index (χ1) is 18.9. The van der Waals surface area contributed by atoms with E-state index in [1.165, 1.54) is 9.80 Å². The molecule has 9 nitrogen and oxygen atoms in total. The lowest BCUT2D eigenvalue weighted by molar-refractivity contribution is -0.129. The average molecular weight is 530 g/mol. The molecule has 4 rings (SSSR count). The topological polar surface area (TPSA) is 125 Å². The van der Waals surface area contributed by atoms with Crippen molar-refractivity contribution in [3.8, 4) is 0 Å². The minimum atomic E-state index is -0.781. The second-order valence-electron chi connectivity index (χ2n) is 9.77. The smallest absolute Gasteiger partial charge is 0.256 e. The third kappa shape index (κ3) is 7.00. The zero-order valence-corrected chi connectivity index (χ0v) is 22.2. The molecule has 3 aromatic rings. The lowest BCUT2D eigenvalue weighted by atomic mass is 10.0. The summed E-state index contributed by atoms with van der Waals surface area (Å²) in [7, 11) is 1.58. The van der Waals surface area contributed by atoms with Gasteiger partial charge in [-0.1, -0.05) is 54.6 Å². The Labute approximate surface area is 228 Å². The van der Waals surface area contributed by atoms with Crippen molar-refractivity contribution in [1.29, 1.82) is 0 Å². The minimum Gasteiger partial charge on any atom is -0.354 e. The first-order valence-corrected chi connectivity index (χ1v) is 13.3. The molecule has 0 saturated carbocycles. The van der Waals surface area contributed by atoms with Gasteiger partial charge in [0.05, 0.1) is 11.3 Å². The van der Waals surface area contributed by atoms with Crippen molar-refractivity contribution in [3.05, 3.63) is 77.9 Å². The molecule has 3 aromatic carbocycles. The number of carbonyl (C=O) groups is 4. The number of rotatable bonds is 11. The molecule has 0 spiro atoms. The quantitative estimate of drug-likeness (QED) is 0.329. The van der Waals surface area contributed by atoms with Crippen LogP contribution >= 0.6 is 0 Å². The number of hydrogen-bond acceptors (Lipinski definition) is 5. The Morgan fingerprint density at radius 1 is 0.974 bits per heavy atom. The standard InChI is InChI=1S/C30H35N5O4/c1-34-20-28(37)35(26-11-5-4-10-24(26)30(34)39)17-14-27(36)33-25(29(38)32-16-7-6-15-31)19-21-12-13-22-8-2-3-9-23(22)18-21/h2-5,8-13,18,25H,6-7,14-17,19-20,31H2,1H3,(H,32,38)(H,33,36)/t25-/m1/s1. The van der Waals surface area contributed by atoms with Crippen molar-refractivity contribution in [2.24, 2.45) is 5.73 Å². The second-order valence-corrected chi connectivity index (χ2v) is 9.77. The summed E-state index contributed by atoms with van der Waals surface area (Å²) in [4.78, 5) is 54.6. The van der Waals surface area contributed by atoms with E-state index in [9.17, 15) is 19.2 Å². The van der Waals surface area contributed by atoms with Gasteiger partial charge in [-0.25, -0.2) is 0 Å². The van der Waals surface area contributed by atoms with Crippen LogP contribution in [0, 0.1) is 0 Å². The van der Waals surface area contributed by atoms with Crippen molar-refractivity contribution in [2.45, 2.75) is 31.7 Å². The number of unbranched alkanes of at least 4 members (excludes halogenated alkanes) is 1. The van der Waals surface area contributed by atoms with Crippen LogP contribution in [0.15, 0.2) is 66.7 Å². The summed E-state index contributed by atoms with van der Waals surface area (Å²) < 4.78 is 0. The highest BCUT2D eigenvalue weighted by molar-refractivity contribution is 6.09. The number of benzene rings is 3. The Balaban J connectivity index is 1.46. The monoisotopic (exact) mass is 529 g/mol. The summed E-state index contributed by atoms with van der Waals surface area (Å²) in [5, 5.41) is 7.94. The van der Waals surface area contributed by atoms with E-state index in [-0.39, 0.29) is 43.1 Å². The number of likely N-dealkylation sites (N-methyl/N-ethyl adjacent to an activating group) is 1. The maximum absolute atomic E-state index is 13.1. The van der Waals surface area contributed by atoms with Gasteiger partial charge in [0, 0.05) is 33.0 Å². The number of carbonyl (C=O) groups excluding carboxylic acids is 4. The summed E-state index contributed by atoms with van der Waals surface area (Å²) in [6.07, 6.45) is 1.85. The molecule has 1 aliphatic rings. The Morgan fingerprint density at radius 2 is 1.72 bits per heavy atom. The number of amides is 4. The molecule has 1 atom stereocenters. The Bertz CT molecular complexity index is 1360. The molecule has 204 valence electrons. The minimum absolute atomic E-state index is 0.0212. The highest BCUT2D eigenvalue weighted by atomic mass is 16.2. The van der Waals surface area contributed by atoms with Crippen LogP contribution in [0.25, 0.3) is 10.8 Å². The number of hydrogen-bond donors (Lipinski definition) is 3. The molecule has 1 heterocycles. The molecule has 9 heteroatoms. The lowest BCUT2D eigenvalue weighted by Crippen LogP contribution is -2.49. The van der Waals surface area contributed by atoms with Crippen LogP contribution in [-0.4, -0.2) is 67.8 Å². The average Bonchev–Trinajstić information content (AvgIpc) is 3.03. The first-order valence-electron chi connectivity index (χ1n) is 13.3. The zero-order chi connectivity index (χ0) is 27.8. The van der Waals surface area contributed by atoms with E-state index in [1.807, 2.05) is 42.5 Å². The normalized spacial score (nSPS) is 14.1. The molecule has 39 heavy (non-hydrogen) atoms. The van der Waals surface area contributed by atoms with Crippen LogP contribution in [0.1, 0.15) is 35.2 Å². The fourth-order valence-electron chi connectivity index (χ4n) is 4.73. The number of fused-ring (bicyclic) bond motifs is 2. The fraction of sp³-hybridized carbons (Fsp3) is 0.333. The van der Waals surface area contributed by atoms with Crippen LogP contribution in [0.2, 0.25) is 0 Å². The Morgan fingerprint density at radius 3 is 2.51 bits per heavy atom. The molecule has 0 saturated heterocycles. The van der Waals surface area contributed by atoms with Gasteiger partial charge in [0.1, 0.15) is 12.6 Å². The molecule has 0 fully saturated rings. The first kappa shape index (κ1) is 27.8. The summed E-state index contributed by atoms with van der Waals surface area (Å²) >= 11 is 0. The SMILES string of the molecule is CN1CC(=O)N(CCC(=O)N[C@H](Cc2ccc3ccccc3c2)C(=O)NCCCCN)c2ccccc2C1=O. The molecule has 4 amide bonds. The third-order valence-electron chi connectivity index (χ3n) is 6.84. The summed E-state index contributed by atoms with van der Waals surface area (Å²) in [5.74, 6) is -1.13. The lowest BCUT2D eigenvalue weighted by Gasteiger charge is -2.23. The van der Waals surface area contributed by atoms with Crippen molar-refractivity contribution >= 4 is 40.1 Å². The zero-order valence-electron chi connectivity index (χ0n) is 22.2. The van der Waals surface area contributed by atoms with Gasteiger partial charge in [-0.2, -0.15) is 0 Å². The Hall–Kier alpha value is -4.24. The van der Waals surface area contributed by atoms with Crippen molar-refractivity contribution in [2.75, 3.05) is 38.1 Å². The van der Waals surface area contributed by atoms with Gasteiger partial charge in [-0.15, -0.1) is 0 Å². The van der Waals surface area contributed by atoms with E-state index >= 15 is 0 Å². The van der Waals surface area contributed by atoms with E-state index in [0.717, 1.165) is 29.2 Å². The molecule has 0 aliphatic carbocycles. The van der Waals surface area contributed by atoms with Gasteiger partial charge < -0.3 is 26.2 Å². The molecule has 0 unspecified atom stereocenters. The highest BCUT2D eigenvalue weighted by Gasteiger charge is 2.30. The predicted molar refractivity (Wildman–Crippen MR) is 151 cm³/mol. The van der Waals surface area contributed by atoms with E-state index < -0.39 is 6.04 Å². The summed E-state index contributed by atoms with van der Waals surface area (Å²) in [6.45, 7) is 1.03. The maximum Gasteiger partial charge on any atom is 0.256 e. The predicted octanol–water partition coefficient (Wildman–Crippen LogP) is 2.23. The van der Waals surface area contributed by atoms with E-state index in [4.69, 9.17) is 5.73 Å². The summed E-state index contributed by atoms with van der Waals surface area (Å²) in [5.41, 5.74) is 7.38. The number of para-hydroxylation sites is 1. The third-order valence-corrected chi connectivity index (χ3v) is 6.84. The Kier molecular flexibility index (Phi) is 9.27. The second kappa shape index (κ2) is 13.0. The van der Waals surface area contributed by atoms with E-state index in [0.29, 0.717) is 30.8 Å². The van der Waals surface area contributed by atoms with Gasteiger partial charge >= 0.3 is 0 Å². The van der Waals surface area contributed by atoms with Gasteiger partial charge in [0.15, 0.2) is 0 Å². The molecular formula is C30H35N5O4. The van der Waals surface area contributed by atoms with Crippen LogP contribution in [0.4, 0.5) is 5.69 Å². The molecule has 4 N–H and O–H groups in total. The van der Waals surface area contributed by atoms with Crippen molar-refractivity contribution in [1.82, 2.24) is 15.5 Å². The van der Waals surface area contributed by atoms with Gasteiger partial charge in [0.25, 0.3) is 5.91 Å². The van der Waals surface area contributed by atoms with Crippen molar-refractivity contribution in [3.63, 3.8) is 0 Å². The van der Waals surface area contributed by atoms with E-state index in [1.54, 1.807) is 31.3 Å². The van der Waals surface area contributed by atoms with Gasteiger partial charge in [-0.05, 0) is 47.9 Å². The number of nitrogens with two attached hydrogens (primary N) is 1. The number of anilines is 1. The molecule has 0 aromatic heterocycles. The van der Waals surface area contributed by atoms with Crippen LogP contribution in [0.5, 0.6) is 0 Å². The van der Waals surface area contributed by atoms with Crippen LogP contribution < -0.4 is 21.3 Å². The maximum atomic E-state index is 13.1. The summed E-state index contributed by atoms with van der Waals surface area (Å²) in [6, 6.07) is 20.1. The largest absolute Gasteiger partial charge is 0.354 e. The van der Waals surface area contributed by atoms with Crippen LogP contribution in [0.3, 0.4) is 0 Å². The molecule has 0 bridgehead atoms. The van der Waals surface area contributed by atoms with Crippen LogP contribution in [-0.2, 0) is 20.8 Å². The fourth-order valence-corrected chi connectivity index (χ4v) is 4.73. The van der Waals surface area contributed by atoms with Gasteiger partial charge in [-0.3, -0.25) is 19.2 Å². The highest BCUT2D eigenvalue weighted by Crippen LogP contribution is 2.25. The van der Waals surface area contributed by atoms with E-state index in [2.05, 4.69) is 10.6 Å². The molecule has 1 aliphatic heterocycles. The van der Waals surface area contributed by atoms with Crippen molar-refractivity contribution < 1.29 is 19.2 Å².